The first-order valence-corrected chi connectivity index (χ1v) is 8.15. The number of anilines is 1. The van der Waals surface area contributed by atoms with Crippen molar-refractivity contribution < 1.29 is 4.79 Å². The van der Waals surface area contributed by atoms with Crippen molar-refractivity contribution in [3.05, 3.63) is 18.1 Å². The summed E-state index contributed by atoms with van der Waals surface area (Å²) in [6, 6.07) is 2.07. The fourth-order valence-electron chi connectivity index (χ4n) is 2.86. The lowest BCUT2D eigenvalue weighted by molar-refractivity contribution is -0.130. The van der Waals surface area contributed by atoms with Crippen molar-refractivity contribution in [2.24, 2.45) is 0 Å². The highest BCUT2D eigenvalue weighted by Gasteiger charge is 2.28. The first-order valence-electron chi connectivity index (χ1n) is 8.15. The molecular weight excluding hydrogens is 278 g/mol. The minimum absolute atomic E-state index is 0.296. The van der Waals surface area contributed by atoms with Crippen LogP contribution in [0, 0.1) is 0 Å². The zero-order valence-corrected chi connectivity index (χ0v) is 13.7. The molecule has 0 bridgehead atoms. The summed E-state index contributed by atoms with van der Waals surface area (Å²) >= 11 is 0. The lowest BCUT2D eigenvalue weighted by Gasteiger charge is -2.24. The maximum Gasteiger partial charge on any atom is 0.222 e. The van der Waals surface area contributed by atoms with Gasteiger partial charge in [-0.15, -0.1) is 0 Å². The van der Waals surface area contributed by atoms with Gasteiger partial charge in [-0.2, -0.15) is 0 Å². The van der Waals surface area contributed by atoms with E-state index in [-0.39, 0.29) is 0 Å². The van der Waals surface area contributed by atoms with Crippen molar-refractivity contribution >= 4 is 11.7 Å². The predicted octanol–water partition coefficient (Wildman–Crippen LogP) is 1.67. The largest absolute Gasteiger partial charge is 0.384 e. The van der Waals surface area contributed by atoms with E-state index in [2.05, 4.69) is 28.8 Å². The molecule has 1 aromatic rings. The van der Waals surface area contributed by atoms with Gasteiger partial charge in [0.2, 0.25) is 5.91 Å². The molecule has 0 aliphatic carbocycles. The van der Waals surface area contributed by atoms with Gasteiger partial charge >= 0.3 is 0 Å². The molecule has 0 spiro atoms. The van der Waals surface area contributed by atoms with Crippen LogP contribution in [0.2, 0.25) is 0 Å². The van der Waals surface area contributed by atoms with Gasteiger partial charge in [-0.3, -0.25) is 9.69 Å². The fourth-order valence-corrected chi connectivity index (χ4v) is 2.86. The van der Waals surface area contributed by atoms with Crippen LogP contribution in [0.25, 0.3) is 0 Å². The Morgan fingerprint density at radius 2 is 2.32 bits per heavy atom. The second-order valence-corrected chi connectivity index (χ2v) is 6.05. The van der Waals surface area contributed by atoms with Crippen LogP contribution in [0.15, 0.2) is 12.3 Å². The zero-order valence-electron chi connectivity index (χ0n) is 13.7. The number of aromatic nitrogens is 2. The molecule has 1 aliphatic heterocycles. The number of rotatable bonds is 7. The molecule has 22 heavy (non-hydrogen) atoms. The monoisotopic (exact) mass is 305 g/mol. The lowest BCUT2D eigenvalue weighted by Crippen LogP contribution is -2.36. The van der Waals surface area contributed by atoms with Gasteiger partial charge in [0, 0.05) is 31.7 Å². The van der Waals surface area contributed by atoms with Gasteiger partial charge in [0.15, 0.2) is 0 Å². The number of hydrogen-bond donors (Lipinski definition) is 1. The first kappa shape index (κ1) is 16.7. The molecule has 1 aromatic heterocycles. The van der Waals surface area contributed by atoms with Crippen molar-refractivity contribution in [1.29, 1.82) is 0 Å². The third-order valence-electron chi connectivity index (χ3n) is 4.25. The topological polar surface area (TPSA) is 75.4 Å². The number of likely N-dealkylation sites (N-methyl/N-ethyl adjacent to an activating group) is 1. The minimum atomic E-state index is 0.296. The smallest absolute Gasteiger partial charge is 0.222 e. The van der Waals surface area contributed by atoms with Gasteiger partial charge in [-0.1, -0.05) is 19.8 Å². The molecule has 6 heteroatoms. The minimum Gasteiger partial charge on any atom is -0.384 e. The average molecular weight is 305 g/mol. The Kier molecular flexibility index (Phi) is 6.12. The summed E-state index contributed by atoms with van der Waals surface area (Å²) in [5.74, 6) is 1.53. The molecule has 1 atom stereocenters. The molecule has 122 valence electrons. The number of likely N-dealkylation sites (tertiary alicyclic amines) is 1. The SMILES string of the molecule is CCCCCC(=O)N1CC[C@@H](N(C)Cc2nccc(N)n2)C1. The number of nitrogens with zero attached hydrogens (tertiary/aromatic N) is 4. The average Bonchev–Trinajstić information content (AvgIpc) is 2.97. The summed E-state index contributed by atoms with van der Waals surface area (Å²) in [6.07, 6.45) is 6.67. The van der Waals surface area contributed by atoms with E-state index >= 15 is 0 Å². The molecule has 2 heterocycles. The zero-order chi connectivity index (χ0) is 15.9. The first-order chi connectivity index (χ1) is 10.6. The Balaban J connectivity index is 1.80. The van der Waals surface area contributed by atoms with E-state index in [9.17, 15) is 4.79 Å². The van der Waals surface area contributed by atoms with Crippen molar-refractivity contribution in [1.82, 2.24) is 19.8 Å². The van der Waals surface area contributed by atoms with E-state index < -0.39 is 0 Å². The highest BCUT2D eigenvalue weighted by atomic mass is 16.2. The van der Waals surface area contributed by atoms with Crippen molar-refractivity contribution in [2.45, 2.75) is 51.6 Å². The molecule has 1 fully saturated rings. The summed E-state index contributed by atoms with van der Waals surface area (Å²) in [7, 11) is 2.06. The Morgan fingerprint density at radius 1 is 1.50 bits per heavy atom. The van der Waals surface area contributed by atoms with Crippen LogP contribution in [0.1, 0.15) is 44.9 Å². The summed E-state index contributed by atoms with van der Waals surface area (Å²) in [5.41, 5.74) is 5.68. The Morgan fingerprint density at radius 3 is 3.05 bits per heavy atom. The molecule has 0 radical (unpaired) electrons. The van der Waals surface area contributed by atoms with E-state index in [4.69, 9.17) is 5.73 Å². The highest BCUT2D eigenvalue weighted by molar-refractivity contribution is 5.76. The van der Waals surface area contributed by atoms with Crippen LogP contribution in [0.3, 0.4) is 0 Å². The van der Waals surface area contributed by atoms with Gasteiger partial charge in [0.05, 0.1) is 6.54 Å². The second-order valence-electron chi connectivity index (χ2n) is 6.05. The molecule has 1 saturated heterocycles. The van der Waals surface area contributed by atoms with E-state index in [1.165, 1.54) is 0 Å². The third kappa shape index (κ3) is 4.66. The number of hydrogen-bond acceptors (Lipinski definition) is 5. The predicted molar refractivity (Wildman–Crippen MR) is 87.0 cm³/mol. The van der Waals surface area contributed by atoms with Crippen LogP contribution in [0.4, 0.5) is 5.82 Å². The molecule has 1 aliphatic rings. The van der Waals surface area contributed by atoms with Crippen LogP contribution in [0.5, 0.6) is 0 Å². The van der Waals surface area contributed by atoms with Crippen molar-refractivity contribution in [2.75, 3.05) is 25.9 Å². The molecule has 2 N–H and O–H groups in total. The van der Waals surface area contributed by atoms with Gasteiger partial charge in [-0.05, 0) is 26.0 Å². The van der Waals surface area contributed by atoms with Gasteiger partial charge in [0.1, 0.15) is 11.6 Å². The van der Waals surface area contributed by atoms with Gasteiger partial charge in [-0.25, -0.2) is 9.97 Å². The molecule has 0 aromatic carbocycles. The number of carbonyl (C=O) groups is 1. The lowest BCUT2D eigenvalue weighted by atomic mass is 10.2. The third-order valence-corrected chi connectivity index (χ3v) is 4.25. The van der Waals surface area contributed by atoms with Crippen LogP contribution in [-0.4, -0.2) is 51.9 Å². The molecule has 6 nitrogen and oxygen atoms in total. The van der Waals surface area contributed by atoms with E-state index in [1.807, 2.05) is 4.90 Å². The molecule has 0 saturated carbocycles. The van der Waals surface area contributed by atoms with Gasteiger partial charge in [0.25, 0.3) is 0 Å². The highest BCUT2D eigenvalue weighted by Crippen LogP contribution is 2.17. The Hall–Kier alpha value is -1.69. The molecular formula is C16H27N5O. The number of unbranched alkanes of at least 4 members (excludes halogenated alkanes) is 2. The van der Waals surface area contributed by atoms with E-state index in [1.54, 1.807) is 12.3 Å². The van der Waals surface area contributed by atoms with Gasteiger partial charge < -0.3 is 10.6 Å². The quantitative estimate of drug-likeness (QED) is 0.776. The maximum absolute atomic E-state index is 12.2. The van der Waals surface area contributed by atoms with E-state index in [0.29, 0.717) is 30.7 Å². The Labute approximate surface area is 132 Å². The van der Waals surface area contributed by atoms with Crippen LogP contribution >= 0.6 is 0 Å². The molecule has 0 unspecified atom stereocenters. The van der Waals surface area contributed by atoms with Crippen molar-refractivity contribution in [3.63, 3.8) is 0 Å². The Bertz CT molecular complexity index is 493. The van der Waals surface area contributed by atoms with Crippen molar-refractivity contribution in [3.8, 4) is 0 Å². The maximum atomic E-state index is 12.2. The number of nitrogens with two attached hydrogens (primary N) is 1. The summed E-state index contributed by atoms with van der Waals surface area (Å²) in [4.78, 5) is 24.8. The summed E-state index contributed by atoms with van der Waals surface area (Å²) in [6.45, 7) is 4.48. The summed E-state index contributed by atoms with van der Waals surface area (Å²) < 4.78 is 0. The summed E-state index contributed by atoms with van der Waals surface area (Å²) in [5, 5.41) is 0. The normalized spacial score (nSPS) is 18.1. The van der Waals surface area contributed by atoms with Crippen LogP contribution in [-0.2, 0) is 11.3 Å². The number of carbonyl (C=O) groups excluding carboxylic acids is 1. The standard InChI is InChI=1S/C16H27N5O/c1-3-4-5-6-16(22)21-10-8-13(11-21)20(2)12-15-18-9-7-14(17)19-15/h7,9,13H,3-6,8,10-12H2,1-2H3,(H2,17,18,19)/t13-/m1/s1. The second kappa shape index (κ2) is 8.08. The van der Waals surface area contributed by atoms with Crippen LogP contribution < -0.4 is 5.73 Å². The number of amides is 1. The number of nitrogen functional groups attached to an aromatic ring is 1. The molecule has 2 rings (SSSR count). The fraction of sp³-hybridized carbons (Fsp3) is 0.688. The van der Waals surface area contributed by atoms with E-state index in [0.717, 1.165) is 44.6 Å². The molecule has 1 amide bonds.